The van der Waals surface area contributed by atoms with E-state index in [-0.39, 0.29) is 0 Å². The summed E-state index contributed by atoms with van der Waals surface area (Å²) >= 11 is 5.55. The SMILES string of the molecule is CCc1nc2cccc3c2n1-c1c(cccc1-c1cc2ccccc2c2ccccc12)S3.CCc1nc2cccc3c2n1-c1c(cccc1-c1cc2ccccc2c2ncccc12)S3.CCc1nc2cccc3c2n1-c1c(cccc1-c1ccc(-c2cc4ccccc4c4ccccc24)cc1)S3. The number of hydrogen-bond acceptors (Lipinski definition) is 7. The topological polar surface area (TPSA) is 66.3 Å². The molecule has 7 nitrogen and oxygen atoms in total. The highest BCUT2D eigenvalue weighted by atomic mass is 32.2. The molecule has 15 aromatic carbocycles. The third kappa shape index (κ3) is 9.53. The first kappa shape index (κ1) is 60.4. The number of rotatable bonds is 7. The van der Waals surface area contributed by atoms with E-state index in [0.29, 0.717) is 0 Å². The van der Waals surface area contributed by atoms with E-state index in [0.717, 1.165) is 58.8 Å². The van der Waals surface area contributed by atoms with Gasteiger partial charge < -0.3 is 0 Å². The van der Waals surface area contributed by atoms with Gasteiger partial charge in [0.25, 0.3) is 0 Å². The van der Waals surface area contributed by atoms with Gasteiger partial charge in [-0.2, -0.15) is 0 Å². The maximum Gasteiger partial charge on any atom is 0.114 e. The van der Waals surface area contributed by atoms with Gasteiger partial charge in [-0.1, -0.05) is 262 Å². The van der Waals surface area contributed by atoms with Crippen LogP contribution in [0.2, 0.25) is 0 Å². The molecule has 3 aliphatic rings. The molecule has 0 radical (unpaired) electrons. The van der Waals surface area contributed by atoms with Crippen LogP contribution in [0.1, 0.15) is 38.2 Å². The highest BCUT2D eigenvalue weighted by molar-refractivity contribution is 8.00. The van der Waals surface area contributed by atoms with Crippen LogP contribution in [0.3, 0.4) is 0 Å². The lowest BCUT2D eigenvalue weighted by Gasteiger charge is -2.24. The van der Waals surface area contributed by atoms with Crippen LogP contribution in [0.5, 0.6) is 0 Å². The summed E-state index contributed by atoms with van der Waals surface area (Å²) in [4.78, 5) is 27.4. The van der Waals surface area contributed by atoms with Crippen LogP contribution >= 0.6 is 35.3 Å². The molecule has 0 amide bonds. The zero-order valence-electron chi connectivity index (χ0n) is 56.2. The quantitative estimate of drug-likeness (QED) is 0.147. The Kier molecular flexibility index (Phi) is 14.4. The molecule has 0 bridgehead atoms. The molecule has 0 spiro atoms. The lowest BCUT2D eigenvalue weighted by Crippen LogP contribution is -2.07. The lowest BCUT2D eigenvalue weighted by molar-refractivity contribution is 0.889. The molecular formula is C92H63N7S3. The van der Waals surface area contributed by atoms with E-state index in [4.69, 9.17) is 19.9 Å². The van der Waals surface area contributed by atoms with Gasteiger partial charge in [-0.25, -0.2) is 15.0 Å². The van der Waals surface area contributed by atoms with Crippen LogP contribution in [-0.2, 0) is 19.3 Å². The van der Waals surface area contributed by atoms with E-state index in [1.54, 1.807) is 0 Å². The van der Waals surface area contributed by atoms with Gasteiger partial charge in [0.05, 0.1) is 55.7 Å². The summed E-state index contributed by atoms with van der Waals surface area (Å²) in [5.74, 6) is 3.33. The molecule has 0 aliphatic carbocycles. The average molecular weight is 1360 g/mol. The minimum Gasteiger partial charge on any atom is -0.293 e. The van der Waals surface area contributed by atoms with Crippen molar-refractivity contribution in [2.45, 2.75) is 69.4 Å². The van der Waals surface area contributed by atoms with Gasteiger partial charge in [-0.05, 0) is 155 Å². The fourth-order valence-electron chi connectivity index (χ4n) is 16.2. The van der Waals surface area contributed by atoms with Crippen LogP contribution in [0.25, 0.3) is 159 Å². The molecule has 7 heterocycles. The molecule has 0 saturated carbocycles. The lowest BCUT2D eigenvalue weighted by atomic mass is 9.92. The van der Waals surface area contributed by atoms with Crippen LogP contribution < -0.4 is 0 Å². The van der Waals surface area contributed by atoms with Crippen LogP contribution in [0, 0.1) is 0 Å². The van der Waals surface area contributed by atoms with Crippen LogP contribution in [0.4, 0.5) is 0 Å². The van der Waals surface area contributed by atoms with Crippen molar-refractivity contribution in [3.05, 3.63) is 309 Å². The van der Waals surface area contributed by atoms with Crippen LogP contribution in [-0.4, -0.2) is 33.6 Å². The molecular weight excluding hydrogens is 1300 g/mol. The Labute approximate surface area is 602 Å². The number of aryl methyl sites for hydroxylation is 3. The first-order valence-electron chi connectivity index (χ1n) is 35.1. The molecule has 3 aliphatic heterocycles. The Morgan fingerprint density at radius 1 is 0.265 bits per heavy atom. The maximum atomic E-state index is 5.00. The van der Waals surface area contributed by atoms with Crippen molar-refractivity contribution in [2.75, 3.05) is 0 Å². The number of aromatic nitrogens is 7. The standard InChI is InChI=1S/C35H24N2S.C29H20N2S.C28H19N3S/c1-2-33-36-30-14-8-16-32-35(30)37(33)34-26(13-7-15-31(34)38-32)22-17-19-23(20-18-22)29-21-24-9-3-4-10-25(24)27-11-5-6-12-28(27)29;1-2-27-30-24-14-8-16-26-29(24)31(27)28-22(13-7-15-25(28)32-26)23-17-18-9-3-4-10-19(18)20-11-5-6-12-21(20)23;1-2-25-30-22-12-6-14-24-28(22)31(25)27-20(10-5-13-23(27)32-24)21-16-17-8-3-4-9-18(17)26-19(21)11-7-15-29-26/h3-21H,2H2,1H3;3-17H,2H2,1H3;3-16H,2H2,1H3. The Morgan fingerprint density at radius 2 is 0.598 bits per heavy atom. The van der Waals surface area contributed by atoms with Crippen LogP contribution in [0.15, 0.2) is 321 Å². The van der Waals surface area contributed by atoms with Gasteiger partial charge in [-0.3, -0.25) is 18.7 Å². The van der Waals surface area contributed by atoms with E-state index in [9.17, 15) is 0 Å². The van der Waals surface area contributed by atoms with Crippen molar-refractivity contribution in [3.8, 4) is 61.6 Å². The number of imidazole rings is 3. The van der Waals surface area contributed by atoms with Crippen molar-refractivity contribution in [3.63, 3.8) is 0 Å². The highest BCUT2D eigenvalue weighted by Gasteiger charge is 2.30. The number of benzene rings is 15. The molecule has 22 rings (SSSR count). The zero-order chi connectivity index (χ0) is 67.7. The second-order valence-electron chi connectivity index (χ2n) is 26.3. The van der Waals surface area contributed by atoms with Crippen molar-refractivity contribution in [1.82, 2.24) is 33.6 Å². The molecule has 484 valence electrons. The summed E-state index contributed by atoms with van der Waals surface area (Å²) in [6.45, 7) is 6.57. The van der Waals surface area contributed by atoms with E-state index < -0.39 is 0 Å². The smallest absolute Gasteiger partial charge is 0.114 e. The van der Waals surface area contributed by atoms with Gasteiger partial charge in [0.2, 0.25) is 0 Å². The third-order valence-corrected chi connectivity index (χ3v) is 23.9. The van der Waals surface area contributed by atoms with Gasteiger partial charge >= 0.3 is 0 Å². The Morgan fingerprint density at radius 3 is 1.06 bits per heavy atom. The fraction of sp³-hybridized carbons (Fsp3) is 0.0652. The van der Waals surface area contributed by atoms with E-state index in [1.807, 2.05) is 47.5 Å². The molecule has 0 saturated heterocycles. The molecule has 4 aromatic heterocycles. The number of hydrogen-bond donors (Lipinski definition) is 0. The Hall–Kier alpha value is -11.5. The molecule has 0 fully saturated rings. The van der Waals surface area contributed by atoms with E-state index in [2.05, 4.69) is 314 Å². The van der Waals surface area contributed by atoms with E-state index in [1.165, 1.54) is 167 Å². The second-order valence-corrected chi connectivity index (χ2v) is 29.5. The second kappa shape index (κ2) is 24.4. The molecule has 0 N–H and O–H groups in total. The summed E-state index contributed by atoms with van der Waals surface area (Å²) in [6, 6.07) is 103. The number of fused-ring (bicyclic) bond motifs is 15. The van der Waals surface area contributed by atoms with Gasteiger partial charge in [-0.15, -0.1) is 0 Å². The van der Waals surface area contributed by atoms with Crippen molar-refractivity contribution < 1.29 is 0 Å². The van der Waals surface area contributed by atoms with Gasteiger partial charge in [0.15, 0.2) is 0 Å². The summed E-state index contributed by atoms with van der Waals surface area (Å²) in [5.41, 5.74) is 21.7. The van der Waals surface area contributed by atoms with Crippen molar-refractivity contribution in [2.24, 2.45) is 0 Å². The summed E-state index contributed by atoms with van der Waals surface area (Å²) < 4.78 is 7.20. The molecule has 0 unspecified atom stereocenters. The number of pyridine rings is 1. The molecule has 102 heavy (non-hydrogen) atoms. The third-order valence-electron chi connectivity index (χ3n) is 20.6. The normalized spacial score (nSPS) is 12.5. The maximum absolute atomic E-state index is 5.00. The Bertz CT molecular complexity index is 6440. The first-order chi connectivity index (χ1) is 50.5. The predicted molar refractivity (Wildman–Crippen MR) is 428 cm³/mol. The van der Waals surface area contributed by atoms with Gasteiger partial charge in [0.1, 0.15) is 17.5 Å². The fourth-order valence-corrected chi connectivity index (χ4v) is 19.5. The molecule has 10 heteroatoms. The van der Waals surface area contributed by atoms with Crippen molar-refractivity contribution in [1.29, 1.82) is 0 Å². The molecule has 0 atom stereocenters. The summed E-state index contributed by atoms with van der Waals surface area (Å²) in [7, 11) is 0. The minimum atomic E-state index is 0.882. The largest absolute Gasteiger partial charge is 0.293 e. The highest BCUT2D eigenvalue weighted by Crippen LogP contribution is 2.52. The van der Waals surface area contributed by atoms with E-state index >= 15 is 0 Å². The Balaban J connectivity index is 0.000000103. The number of nitrogens with zero attached hydrogens (tertiary/aromatic N) is 7. The predicted octanol–water partition coefficient (Wildman–Crippen LogP) is 25.1. The average Bonchev–Trinajstić information content (AvgIpc) is 1.32. The van der Waals surface area contributed by atoms with Crippen molar-refractivity contribution >= 4 is 133 Å². The summed E-state index contributed by atoms with van der Waals surface area (Å²) in [6.07, 6.45) is 4.55. The number of para-hydroxylation sites is 6. The monoisotopic (exact) mass is 1360 g/mol. The minimum absolute atomic E-state index is 0.882. The molecule has 19 aromatic rings. The first-order valence-corrected chi connectivity index (χ1v) is 37.6. The van der Waals surface area contributed by atoms with Gasteiger partial charge in [0, 0.05) is 82.3 Å². The zero-order valence-corrected chi connectivity index (χ0v) is 58.6. The summed E-state index contributed by atoms with van der Waals surface area (Å²) in [5, 5.41) is 13.9.